The van der Waals surface area contributed by atoms with Crippen LogP contribution in [0.25, 0.3) is 0 Å². The minimum absolute atomic E-state index is 0.212. The Labute approximate surface area is 91.3 Å². The maximum Gasteiger partial charge on any atom is 0.0963 e. The zero-order chi connectivity index (χ0) is 11.1. The molecule has 0 amide bonds. The fourth-order valence-corrected chi connectivity index (χ4v) is 3.28. The predicted octanol–water partition coefficient (Wildman–Crippen LogP) is 3.31. The van der Waals surface area contributed by atoms with Gasteiger partial charge in [0.05, 0.1) is 18.1 Å². The summed E-state index contributed by atoms with van der Waals surface area (Å²) in [5.41, 5.74) is 0.458. The van der Waals surface area contributed by atoms with Gasteiger partial charge in [-0.05, 0) is 36.7 Å². The van der Waals surface area contributed by atoms with Crippen molar-refractivity contribution >= 4 is 0 Å². The van der Waals surface area contributed by atoms with Gasteiger partial charge in [-0.15, -0.1) is 0 Å². The van der Waals surface area contributed by atoms with E-state index in [9.17, 15) is 5.11 Å². The number of aliphatic hydroxyl groups is 1. The monoisotopic (exact) mass is 208 g/mol. The highest BCUT2D eigenvalue weighted by atomic mass is 16.3. The standard InChI is InChI=1S/C13H20O2/c1-10-6-12(2,3)9-13(14,7-10)11-4-5-15-8-11/h4-5,8,10,14H,6-7,9H2,1-3H3. The molecule has 2 atom stereocenters. The van der Waals surface area contributed by atoms with Gasteiger partial charge >= 0.3 is 0 Å². The van der Waals surface area contributed by atoms with Gasteiger partial charge in [0.25, 0.3) is 0 Å². The molecule has 1 N–H and O–H groups in total. The van der Waals surface area contributed by atoms with Crippen molar-refractivity contribution < 1.29 is 9.52 Å². The molecule has 0 saturated heterocycles. The van der Waals surface area contributed by atoms with E-state index in [1.807, 2.05) is 6.07 Å². The van der Waals surface area contributed by atoms with Crippen molar-refractivity contribution in [2.75, 3.05) is 0 Å². The Morgan fingerprint density at radius 2 is 2.13 bits per heavy atom. The van der Waals surface area contributed by atoms with E-state index >= 15 is 0 Å². The van der Waals surface area contributed by atoms with Crippen LogP contribution in [0.1, 0.15) is 45.6 Å². The van der Waals surface area contributed by atoms with Gasteiger partial charge in [-0.3, -0.25) is 0 Å². The summed E-state index contributed by atoms with van der Waals surface area (Å²) in [5.74, 6) is 0.564. The zero-order valence-corrected chi connectivity index (χ0v) is 9.79. The van der Waals surface area contributed by atoms with Crippen LogP contribution in [0.3, 0.4) is 0 Å². The maximum absolute atomic E-state index is 10.7. The van der Waals surface area contributed by atoms with E-state index in [0.717, 1.165) is 18.4 Å². The van der Waals surface area contributed by atoms with E-state index in [1.165, 1.54) is 6.42 Å². The van der Waals surface area contributed by atoms with E-state index in [4.69, 9.17) is 4.42 Å². The summed E-state index contributed by atoms with van der Waals surface area (Å²) in [6.07, 6.45) is 6.17. The predicted molar refractivity (Wildman–Crippen MR) is 59.4 cm³/mol. The molecule has 2 rings (SSSR count). The summed E-state index contributed by atoms with van der Waals surface area (Å²) < 4.78 is 5.08. The minimum atomic E-state index is -0.686. The molecule has 1 aromatic rings. The Hall–Kier alpha value is -0.760. The van der Waals surface area contributed by atoms with E-state index in [1.54, 1.807) is 12.5 Å². The normalized spacial score (nSPS) is 35.3. The van der Waals surface area contributed by atoms with Crippen molar-refractivity contribution in [2.24, 2.45) is 11.3 Å². The highest BCUT2D eigenvalue weighted by molar-refractivity contribution is 5.18. The lowest BCUT2D eigenvalue weighted by Gasteiger charge is -2.44. The van der Waals surface area contributed by atoms with Crippen LogP contribution in [-0.2, 0) is 5.60 Å². The molecule has 1 saturated carbocycles. The highest BCUT2D eigenvalue weighted by Crippen LogP contribution is 2.48. The lowest BCUT2D eigenvalue weighted by atomic mass is 9.64. The second kappa shape index (κ2) is 3.38. The molecule has 1 fully saturated rings. The fraction of sp³-hybridized carbons (Fsp3) is 0.692. The molecule has 2 nitrogen and oxygen atoms in total. The van der Waals surface area contributed by atoms with Gasteiger partial charge in [0, 0.05) is 5.56 Å². The minimum Gasteiger partial charge on any atom is -0.472 e. The fourth-order valence-electron chi connectivity index (χ4n) is 3.28. The van der Waals surface area contributed by atoms with Gasteiger partial charge in [0.1, 0.15) is 0 Å². The number of furan rings is 1. The molecule has 0 spiro atoms. The van der Waals surface area contributed by atoms with Crippen LogP contribution in [0.2, 0.25) is 0 Å². The molecule has 0 radical (unpaired) electrons. The van der Waals surface area contributed by atoms with E-state index < -0.39 is 5.60 Å². The van der Waals surface area contributed by atoms with Gasteiger partial charge in [-0.1, -0.05) is 20.8 Å². The Morgan fingerprint density at radius 3 is 2.67 bits per heavy atom. The highest BCUT2D eigenvalue weighted by Gasteiger charge is 2.43. The first kappa shape index (κ1) is 10.7. The van der Waals surface area contributed by atoms with E-state index in [2.05, 4.69) is 20.8 Å². The third-order valence-electron chi connectivity index (χ3n) is 3.42. The molecule has 1 aliphatic rings. The van der Waals surface area contributed by atoms with Gasteiger partial charge in [-0.2, -0.15) is 0 Å². The summed E-state index contributed by atoms with van der Waals surface area (Å²) in [6, 6.07) is 1.88. The van der Waals surface area contributed by atoms with Crippen LogP contribution in [0.5, 0.6) is 0 Å². The largest absolute Gasteiger partial charge is 0.472 e. The van der Waals surface area contributed by atoms with Crippen molar-refractivity contribution in [1.29, 1.82) is 0 Å². The Balaban J connectivity index is 2.28. The molecular weight excluding hydrogens is 188 g/mol. The molecule has 2 heteroatoms. The van der Waals surface area contributed by atoms with Crippen LogP contribution < -0.4 is 0 Å². The lowest BCUT2D eigenvalue weighted by molar-refractivity contribution is -0.0638. The summed E-state index contributed by atoms with van der Waals surface area (Å²) in [7, 11) is 0. The molecule has 0 aliphatic heterocycles. The average molecular weight is 208 g/mol. The van der Waals surface area contributed by atoms with Crippen molar-refractivity contribution in [3.05, 3.63) is 24.2 Å². The van der Waals surface area contributed by atoms with Gasteiger partial charge < -0.3 is 9.52 Å². The average Bonchev–Trinajstić information content (AvgIpc) is 2.49. The number of hydrogen-bond donors (Lipinski definition) is 1. The van der Waals surface area contributed by atoms with Crippen LogP contribution in [0.4, 0.5) is 0 Å². The molecule has 1 heterocycles. The first-order chi connectivity index (χ1) is 6.91. The first-order valence-electron chi connectivity index (χ1n) is 5.66. The van der Waals surface area contributed by atoms with E-state index in [-0.39, 0.29) is 5.41 Å². The third kappa shape index (κ3) is 2.10. The summed E-state index contributed by atoms with van der Waals surface area (Å²) in [6.45, 7) is 6.67. The number of rotatable bonds is 1. The van der Waals surface area contributed by atoms with E-state index in [0.29, 0.717) is 5.92 Å². The molecule has 0 aromatic carbocycles. The molecule has 1 aliphatic carbocycles. The smallest absolute Gasteiger partial charge is 0.0963 e. The molecular formula is C13H20O2. The first-order valence-corrected chi connectivity index (χ1v) is 5.66. The van der Waals surface area contributed by atoms with Crippen molar-refractivity contribution in [3.63, 3.8) is 0 Å². The van der Waals surface area contributed by atoms with Crippen LogP contribution in [0, 0.1) is 11.3 Å². The zero-order valence-electron chi connectivity index (χ0n) is 9.79. The Morgan fingerprint density at radius 1 is 1.40 bits per heavy atom. The summed E-state index contributed by atoms with van der Waals surface area (Å²) in [4.78, 5) is 0. The lowest BCUT2D eigenvalue weighted by Crippen LogP contribution is -2.39. The second-order valence-electron chi connectivity index (χ2n) is 5.90. The van der Waals surface area contributed by atoms with Crippen LogP contribution in [-0.4, -0.2) is 5.11 Å². The molecule has 84 valence electrons. The molecule has 0 bridgehead atoms. The molecule has 2 unspecified atom stereocenters. The van der Waals surface area contributed by atoms with Gasteiger partial charge in [0.15, 0.2) is 0 Å². The molecule has 1 aromatic heterocycles. The Kier molecular flexibility index (Phi) is 2.42. The maximum atomic E-state index is 10.7. The van der Waals surface area contributed by atoms with Gasteiger partial charge in [0.2, 0.25) is 0 Å². The molecule has 15 heavy (non-hydrogen) atoms. The van der Waals surface area contributed by atoms with Crippen molar-refractivity contribution in [1.82, 2.24) is 0 Å². The van der Waals surface area contributed by atoms with Gasteiger partial charge in [-0.25, -0.2) is 0 Å². The Bertz CT molecular complexity index is 326. The topological polar surface area (TPSA) is 33.4 Å². The summed E-state index contributed by atoms with van der Waals surface area (Å²) in [5, 5.41) is 10.7. The number of hydrogen-bond acceptors (Lipinski definition) is 2. The third-order valence-corrected chi connectivity index (χ3v) is 3.42. The summed E-state index contributed by atoms with van der Waals surface area (Å²) >= 11 is 0. The van der Waals surface area contributed by atoms with Crippen LogP contribution in [0.15, 0.2) is 23.0 Å². The quantitative estimate of drug-likeness (QED) is 0.768. The van der Waals surface area contributed by atoms with Crippen LogP contribution >= 0.6 is 0 Å². The second-order valence-corrected chi connectivity index (χ2v) is 5.90. The SMILES string of the molecule is CC1CC(C)(C)CC(O)(c2ccoc2)C1. The van der Waals surface area contributed by atoms with Crippen molar-refractivity contribution in [3.8, 4) is 0 Å². The van der Waals surface area contributed by atoms with Crippen molar-refractivity contribution in [2.45, 2.75) is 45.6 Å².